The largest absolute Gasteiger partial charge is 0.493 e. The van der Waals surface area contributed by atoms with Gasteiger partial charge in [-0.3, -0.25) is 4.90 Å². The Morgan fingerprint density at radius 1 is 0.979 bits per heavy atom. The second-order valence-electron chi connectivity index (χ2n) is 10.5. The van der Waals surface area contributed by atoms with Crippen molar-refractivity contribution in [2.75, 3.05) is 51.9 Å². The number of nitrogens with one attached hydrogen (secondary N) is 1. The number of hydrogen-bond donors (Lipinski definition) is 3. The Bertz CT molecular complexity index is 1680. The molecule has 3 N–H and O–H groups in total. The zero-order valence-corrected chi connectivity index (χ0v) is 26.9. The molecule has 1 aliphatic heterocycles. The molecule has 1 fully saturated rings. The van der Waals surface area contributed by atoms with E-state index in [1.807, 2.05) is 73.7 Å². The zero-order valence-electron chi connectivity index (χ0n) is 26.9. The molecule has 4 aromatic rings. The van der Waals surface area contributed by atoms with Gasteiger partial charge in [-0.15, -0.1) is 0 Å². The minimum absolute atomic E-state index is 0.433. The van der Waals surface area contributed by atoms with Crippen molar-refractivity contribution >= 4 is 40.1 Å². The number of ether oxygens (including phenoxy) is 3. The van der Waals surface area contributed by atoms with E-state index in [0.717, 1.165) is 72.7 Å². The number of methoxy groups -OCH3 is 1. The number of morpholine rings is 1. The van der Waals surface area contributed by atoms with Crippen molar-refractivity contribution in [3.63, 3.8) is 0 Å². The second-order valence-corrected chi connectivity index (χ2v) is 10.5. The summed E-state index contributed by atoms with van der Waals surface area (Å²) in [6.45, 7) is 7.48. The Morgan fingerprint density at radius 2 is 1.69 bits per heavy atom. The molecule has 0 atom stereocenters. The van der Waals surface area contributed by atoms with Gasteiger partial charge in [0.1, 0.15) is 18.8 Å². The Labute approximate surface area is 278 Å². The summed E-state index contributed by atoms with van der Waals surface area (Å²) in [5.41, 5.74) is 4.52. The Balaban J connectivity index is 0.000000579. The predicted molar refractivity (Wildman–Crippen MR) is 181 cm³/mol. The van der Waals surface area contributed by atoms with Gasteiger partial charge in [-0.2, -0.15) is 0 Å². The van der Waals surface area contributed by atoms with Crippen LogP contribution in [0.2, 0.25) is 0 Å². The number of aromatic nitrogens is 2. The van der Waals surface area contributed by atoms with E-state index < -0.39 is 11.9 Å². The number of rotatable bonds is 14. The molecule has 1 aliphatic rings. The minimum atomic E-state index is -1.26. The van der Waals surface area contributed by atoms with Crippen LogP contribution in [-0.2, 0) is 25.8 Å². The summed E-state index contributed by atoms with van der Waals surface area (Å²) in [5.74, 6) is -0.500. The van der Waals surface area contributed by atoms with Crippen LogP contribution in [0.1, 0.15) is 24.5 Å². The second kappa shape index (κ2) is 18.6. The zero-order chi connectivity index (χ0) is 34.1. The minimum Gasteiger partial charge on any atom is -0.493 e. The van der Waals surface area contributed by atoms with Crippen LogP contribution in [0.5, 0.6) is 11.5 Å². The number of anilines is 2. The Morgan fingerprint density at radius 3 is 2.35 bits per heavy atom. The van der Waals surface area contributed by atoms with Crippen molar-refractivity contribution in [1.82, 2.24) is 14.9 Å². The molecule has 1 saturated heterocycles. The maximum absolute atomic E-state index is 9.55. The van der Waals surface area contributed by atoms with Crippen LogP contribution in [0.15, 0.2) is 90.4 Å². The molecule has 0 saturated carbocycles. The van der Waals surface area contributed by atoms with Gasteiger partial charge < -0.3 is 34.6 Å². The smallest absolute Gasteiger partial charge is 0.328 e. The SMILES string of the molecule is COc1cc2ncnc(Nc3ccc(/C(C)=N\OCc4ccccc4)cc3)c2cc1OCCCN1CCOCC1.O=C(O)/C=C\C(=O)O. The third-order valence-electron chi connectivity index (χ3n) is 7.11. The van der Waals surface area contributed by atoms with E-state index in [0.29, 0.717) is 42.7 Å². The van der Waals surface area contributed by atoms with Gasteiger partial charge in [-0.1, -0.05) is 47.6 Å². The topological polar surface area (TPSA) is 165 Å². The lowest BCUT2D eigenvalue weighted by molar-refractivity contribution is -0.134. The molecule has 2 heterocycles. The summed E-state index contributed by atoms with van der Waals surface area (Å²) in [7, 11) is 1.64. The number of hydrogen-bond acceptors (Lipinski definition) is 11. The molecule has 3 aromatic carbocycles. The number of carboxylic acid groups (broad SMARTS) is 2. The van der Waals surface area contributed by atoms with Gasteiger partial charge in [-0.25, -0.2) is 19.6 Å². The molecule has 48 heavy (non-hydrogen) atoms. The lowest BCUT2D eigenvalue weighted by atomic mass is 10.1. The van der Waals surface area contributed by atoms with E-state index in [9.17, 15) is 9.59 Å². The molecule has 5 rings (SSSR count). The van der Waals surface area contributed by atoms with Gasteiger partial charge in [0.2, 0.25) is 0 Å². The maximum Gasteiger partial charge on any atom is 0.328 e. The molecule has 252 valence electrons. The van der Waals surface area contributed by atoms with Crippen molar-refractivity contribution in [1.29, 1.82) is 0 Å². The number of fused-ring (bicyclic) bond motifs is 1. The molecule has 1 aromatic heterocycles. The van der Waals surface area contributed by atoms with Crippen LogP contribution in [0.3, 0.4) is 0 Å². The Hall–Kier alpha value is -5.53. The molecule has 0 bridgehead atoms. The average molecular weight is 658 g/mol. The summed E-state index contributed by atoms with van der Waals surface area (Å²) in [5, 5.41) is 24.2. The molecule has 0 spiro atoms. The van der Waals surface area contributed by atoms with Gasteiger partial charge in [0.25, 0.3) is 0 Å². The van der Waals surface area contributed by atoms with Gasteiger partial charge in [0, 0.05) is 48.9 Å². The van der Waals surface area contributed by atoms with Crippen molar-refractivity contribution in [2.24, 2.45) is 5.16 Å². The lowest BCUT2D eigenvalue weighted by Gasteiger charge is -2.26. The first-order valence-electron chi connectivity index (χ1n) is 15.3. The van der Waals surface area contributed by atoms with Gasteiger partial charge >= 0.3 is 11.9 Å². The molecule has 0 amide bonds. The predicted octanol–water partition coefficient (Wildman–Crippen LogP) is 5.14. The van der Waals surface area contributed by atoms with Crippen molar-refractivity contribution < 1.29 is 38.9 Å². The number of oxime groups is 1. The Kier molecular flexibility index (Phi) is 13.7. The fourth-order valence-corrected chi connectivity index (χ4v) is 4.64. The molecular formula is C35H39N5O8. The highest BCUT2D eigenvalue weighted by Crippen LogP contribution is 2.35. The van der Waals surface area contributed by atoms with Gasteiger partial charge in [-0.05, 0) is 42.7 Å². The number of benzene rings is 3. The third-order valence-corrected chi connectivity index (χ3v) is 7.11. The molecule has 13 nitrogen and oxygen atoms in total. The molecular weight excluding hydrogens is 618 g/mol. The molecule has 0 unspecified atom stereocenters. The average Bonchev–Trinajstić information content (AvgIpc) is 3.10. The highest BCUT2D eigenvalue weighted by atomic mass is 16.6. The van der Waals surface area contributed by atoms with Crippen LogP contribution < -0.4 is 14.8 Å². The fourth-order valence-electron chi connectivity index (χ4n) is 4.64. The highest BCUT2D eigenvalue weighted by Gasteiger charge is 2.14. The number of carboxylic acids is 2. The molecule has 0 aliphatic carbocycles. The van der Waals surface area contributed by atoms with E-state index in [-0.39, 0.29) is 0 Å². The van der Waals surface area contributed by atoms with Crippen LogP contribution in [0.4, 0.5) is 11.5 Å². The maximum atomic E-state index is 9.55. The fraction of sp³-hybridized carbons (Fsp3) is 0.286. The first-order valence-corrected chi connectivity index (χ1v) is 15.3. The summed E-state index contributed by atoms with van der Waals surface area (Å²) in [4.78, 5) is 36.0. The van der Waals surface area contributed by atoms with E-state index in [1.165, 1.54) is 0 Å². The normalized spacial score (nSPS) is 13.4. The first kappa shape index (κ1) is 35.3. The first-order chi connectivity index (χ1) is 23.3. The monoisotopic (exact) mass is 657 g/mol. The quantitative estimate of drug-likeness (QED) is 0.0709. The van der Waals surface area contributed by atoms with Crippen molar-refractivity contribution in [3.8, 4) is 11.5 Å². The number of carbonyl (C=O) groups is 2. The summed E-state index contributed by atoms with van der Waals surface area (Å²) >= 11 is 0. The molecule has 0 radical (unpaired) electrons. The number of nitrogens with zero attached hydrogens (tertiary/aromatic N) is 4. The van der Waals surface area contributed by atoms with E-state index in [4.69, 9.17) is 29.3 Å². The van der Waals surface area contributed by atoms with Crippen molar-refractivity contribution in [2.45, 2.75) is 20.0 Å². The lowest BCUT2D eigenvalue weighted by Crippen LogP contribution is -2.37. The van der Waals surface area contributed by atoms with Crippen molar-refractivity contribution in [3.05, 3.63) is 96.3 Å². The standard InChI is InChI=1S/C31H35N5O4.C4H4O4/c1-23(35-40-21-24-7-4-3-5-8-24)25-9-11-26(12-10-25)34-31-27-19-30(29(37-2)20-28(27)32-22-33-31)39-16-6-13-36-14-17-38-18-15-36;5-3(6)1-2-4(7)8/h3-5,7-12,19-20,22H,6,13-18,21H2,1-2H3,(H,32,33,34);1-2H,(H,5,6)(H,7,8)/b35-23-;2-1-. The highest BCUT2D eigenvalue weighted by molar-refractivity contribution is 5.99. The summed E-state index contributed by atoms with van der Waals surface area (Å²) < 4.78 is 17.2. The van der Waals surface area contributed by atoms with Crippen LogP contribution in [0.25, 0.3) is 10.9 Å². The van der Waals surface area contributed by atoms with E-state index >= 15 is 0 Å². The van der Waals surface area contributed by atoms with Gasteiger partial charge in [0.05, 0.1) is 38.2 Å². The third kappa shape index (κ3) is 11.4. The van der Waals surface area contributed by atoms with Crippen LogP contribution in [0, 0.1) is 0 Å². The molecule has 13 heteroatoms. The van der Waals surface area contributed by atoms with E-state index in [2.05, 4.69) is 25.3 Å². The van der Waals surface area contributed by atoms with Crippen LogP contribution >= 0.6 is 0 Å². The van der Waals surface area contributed by atoms with E-state index in [1.54, 1.807) is 13.4 Å². The number of aliphatic carboxylic acids is 2. The summed E-state index contributed by atoms with van der Waals surface area (Å²) in [6.07, 6.45) is 3.58. The summed E-state index contributed by atoms with van der Waals surface area (Å²) in [6, 6.07) is 21.8. The van der Waals surface area contributed by atoms with Crippen LogP contribution in [-0.4, -0.2) is 89.3 Å². The van der Waals surface area contributed by atoms with Gasteiger partial charge in [0.15, 0.2) is 11.5 Å².